The van der Waals surface area contributed by atoms with Crippen LogP contribution in [0.3, 0.4) is 0 Å². The minimum Gasteiger partial charge on any atom is -0.390 e. The number of benzene rings is 2. The summed E-state index contributed by atoms with van der Waals surface area (Å²) in [6.07, 6.45) is 1.78. The van der Waals surface area contributed by atoms with E-state index in [1.807, 2.05) is 0 Å². The van der Waals surface area contributed by atoms with Gasteiger partial charge in [0.15, 0.2) is 0 Å². The van der Waals surface area contributed by atoms with Crippen molar-refractivity contribution >= 4 is 16.8 Å². The second kappa shape index (κ2) is 9.30. The summed E-state index contributed by atoms with van der Waals surface area (Å²) in [6.45, 7) is 0.152. The van der Waals surface area contributed by atoms with Crippen molar-refractivity contribution in [2.45, 2.75) is 56.9 Å². The van der Waals surface area contributed by atoms with E-state index in [1.54, 1.807) is 41.9 Å². The zero-order valence-corrected chi connectivity index (χ0v) is 18.1. The van der Waals surface area contributed by atoms with Gasteiger partial charge in [0.2, 0.25) is 0 Å². The predicted molar refractivity (Wildman–Crippen MR) is 121 cm³/mol. The van der Waals surface area contributed by atoms with E-state index in [0.29, 0.717) is 23.7 Å². The maximum atomic E-state index is 13.4. The van der Waals surface area contributed by atoms with Crippen molar-refractivity contribution in [2.75, 3.05) is 0 Å². The number of hydrogen-bond acceptors (Lipinski definition) is 6. The number of aliphatic hydroxyl groups is 2. The van der Waals surface area contributed by atoms with E-state index in [2.05, 4.69) is 0 Å². The van der Waals surface area contributed by atoms with Crippen LogP contribution < -0.4 is 16.7 Å². The highest BCUT2D eigenvalue weighted by atomic mass is 16.5. The van der Waals surface area contributed by atoms with Crippen molar-refractivity contribution in [3.05, 3.63) is 80.5 Å². The molecule has 1 fully saturated rings. The molecule has 9 nitrogen and oxygen atoms in total. The molecule has 0 radical (unpaired) electrons. The Bertz CT molecular complexity index is 1280. The molecule has 2 unspecified atom stereocenters. The number of nitrogens with zero attached hydrogens (tertiary/aromatic N) is 2. The van der Waals surface area contributed by atoms with Gasteiger partial charge >= 0.3 is 5.69 Å². The van der Waals surface area contributed by atoms with Crippen LogP contribution in [-0.4, -0.2) is 42.2 Å². The van der Waals surface area contributed by atoms with Crippen LogP contribution in [0.2, 0.25) is 0 Å². The van der Waals surface area contributed by atoms with Crippen LogP contribution in [0.25, 0.3) is 10.9 Å². The molecule has 1 aliphatic rings. The molecule has 1 heterocycles. The van der Waals surface area contributed by atoms with Gasteiger partial charge < -0.3 is 10.2 Å². The first-order valence-electron chi connectivity index (χ1n) is 11.0. The average Bonchev–Trinajstić information content (AvgIpc) is 2.83. The standard InChI is InChI=1S/C24H27N3O6/c28-20-7-3-4-12-24(20,32)13-14-26-22(30)18-5-1-2-6-19(18)27(23(26)31)15-16-8-10-17(11-9-16)21(29)25-33/h1-2,5-6,8-11,20,28,32-33H,3-4,7,12-15H2,(H,25,29). The Morgan fingerprint density at radius 1 is 1.06 bits per heavy atom. The normalized spacial score (nSPS) is 20.6. The lowest BCUT2D eigenvalue weighted by atomic mass is 9.80. The van der Waals surface area contributed by atoms with Gasteiger partial charge in [-0.3, -0.25) is 23.9 Å². The summed E-state index contributed by atoms with van der Waals surface area (Å²) in [7, 11) is 0. The second-order valence-corrected chi connectivity index (χ2v) is 8.60. The van der Waals surface area contributed by atoms with Crippen molar-refractivity contribution < 1.29 is 20.2 Å². The Labute approximate surface area is 189 Å². The first kappa shape index (κ1) is 22.9. The van der Waals surface area contributed by atoms with Crippen LogP contribution >= 0.6 is 0 Å². The maximum absolute atomic E-state index is 13.4. The number of nitrogens with one attached hydrogen (secondary N) is 1. The zero-order chi connectivity index (χ0) is 23.6. The third kappa shape index (κ3) is 4.47. The molecule has 0 bridgehead atoms. The lowest BCUT2D eigenvalue weighted by Crippen LogP contribution is -2.48. The Balaban J connectivity index is 1.71. The second-order valence-electron chi connectivity index (χ2n) is 8.60. The topological polar surface area (TPSA) is 134 Å². The van der Waals surface area contributed by atoms with E-state index in [-0.39, 0.29) is 25.1 Å². The van der Waals surface area contributed by atoms with Crippen molar-refractivity contribution in [3.63, 3.8) is 0 Å². The number of aromatic nitrogens is 2. The third-order valence-electron chi connectivity index (χ3n) is 6.52. The average molecular weight is 453 g/mol. The number of carbonyl (C=O) groups is 1. The Kier molecular flexibility index (Phi) is 6.46. The van der Waals surface area contributed by atoms with Crippen LogP contribution in [0.5, 0.6) is 0 Å². The van der Waals surface area contributed by atoms with E-state index >= 15 is 0 Å². The summed E-state index contributed by atoms with van der Waals surface area (Å²) >= 11 is 0. The van der Waals surface area contributed by atoms with Gasteiger partial charge in [0.25, 0.3) is 11.5 Å². The molecule has 2 aromatic carbocycles. The molecule has 1 aromatic heterocycles. The van der Waals surface area contributed by atoms with Crippen LogP contribution in [0.1, 0.15) is 48.0 Å². The fourth-order valence-electron chi connectivity index (χ4n) is 4.53. The van der Waals surface area contributed by atoms with Gasteiger partial charge in [-0.2, -0.15) is 0 Å². The predicted octanol–water partition coefficient (Wildman–Crippen LogP) is 1.39. The van der Waals surface area contributed by atoms with E-state index in [9.17, 15) is 24.6 Å². The van der Waals surface area contributed by atoms with Gasteiger partial charge in [-0.15, -0.1) is 0 Å². The largest absolute Gasteiger partial charge is 0.390 e. The first-order chi connectivity index (χ1) is 15.8. The number of aliphatic hydroxyl groups excluding tert-OH is 1. The minimum atomic E-state index is -1.32. The van der Waals surface area contributed by atoms with Crippen molar-refractivity contribution in [3.8, 4) is 0 Å². The Morgan fingerprint density at radius 3 is 2.48 bits per heavy atom. The van der Waals surface area contributed by atoms with Gasteiger partial charge in [-0.1, -0.05) is 37.1 Å². The number of carbonyl (C=O) groups excluding carboxylic acids is 1. The highest BCUT2D eigenvalue weighted by molar-refractivity contribution is 5.93. The maximum Gasteiger partial charge on any atom is 0.331 e. The van der Waals surface area contributed by atoms with Crippen LogP contribution in [-0.2, 0) is 13.1 Å². The summed E-state index contributed by atoms with van der Waals surface area (Å²) in [5.74, 6) is -0.638. The van der Waals surface area contributed by atoms with Crippen molar-refractivity contribution in [2.24, 2.45) is 0 Å². The first-order valence-corrected chi connectivity index (χ1v) is 11.0. The van der Waals surface area contributed by atoms with Gasteiger partial charge in [0, 0.05) is 12.1 Å². The molecule has 0 aliphatic heterocycles. The number of hydroxylamine groups is 1. The van der Waals surface area contributed by atoms with Gasteiger partial charge in [0.05, 0.1) is 29.2 Å². The minimum absolute atomic E-state index is 0.00826. The quantitative estimate of drug-likeness (QED) is 0.329. The van der Waals surface area contributed by atoms with Gasteiger partial charge in [-0.25, -0.2) is 10.3 Å². The Morgan fingerprint density at radius 2 is 1.79 bits per heavy atom. The molecule has 4 rings (SSSR count). The number of amides is 1. The van der Waals surface area contributed by atoms with Gasteiger partial charge in [0.1, 0.15) is 0 Å². The molecular formula is C24H27N3O6. The fraction of sp³-hybridized carbons (Fsp3) is 0.375. The molecule has 3 aromatic rings. The molecule has 4 N–H and O–H groups in total. The number of fused-ring (bicyclic) bond motifs is 1. The molecule has 33 heavy (non-hydrogen) atoms. The zero-order valence-electron chi connectivity index (χ0n) is 18.1. The number of para-hydroxylation sites is 1. The van der Waals surface area contributed by atoms with Crippen molar-refractivity contribution in [1.82, 2.24) is 14.6 Å². The smallest absolute Gasteiger partial charge is 0.331 e. The summed E-state index contributed by atoms with van der Waals surface area (Å²) in [5.41, 5.74) is 0.790. The molecule has 2 atom stereocenters. The molecular weight excluding hydrogens is 426 g/mol. The van der Waals surface area contributed by atoms with Crippen LogP contribution in [0.4, 0.5) is 0 Å². The molecule has 9 heteroatoms. The van der Waals surface area contributed by atoms with Crippen LogP contribution in [0, 0.1) is 0 Å². The summed E-state index contributed by atoms with van der Waals surface area (Å²) < 4.78 is 2.61. The molecule has 1 aliphatic carbocycles. The van der Waals surface area contributed by atoms with Crippen molar-refractivity contribution in [1.29, 1.82) is 0 Å². The molecule has 1 amide bonds. The Hall–Kier alpha value is -3.27. The molecule has 0 saturated heterocycles. The van der Waals surface area contributed by atoms with Crippen LogP contribution in [0.15, 0.2) is 58.1 Å². The molecule has 1 saturated carbocycles. The number of rotatable bonds is 6. The van der Waals surface area contributed by atoms with E-state index in [1.165, 1.54) is 16.7 Å². The fourth-order valence-corrected chi connectivity index (χ4v) is 4.53. The van der Waals surface area contributed by atoms with E-state index in [4.69, 9.17) is 5.21 Å². The van der Waals surface area contributed by atoms with E-state index < -0.39 is 28.9 Å². The summed E-state index contributed by atoms with van der Waals surface area (Å²) in [6, 6.07) is 13.2. The highest BCUT2D eigenvalue weighted by Crippen LogP contribution is 2.31. The lowest BCUT2D eigenvalue weighted by molar-refractivity contribution is -0.106. The summed E-state index contributed by atoms with van der Waals surface area (Å²) in [5, 5.41) is 30.3. The monoisotopic (exact) mass is 453 g/mol. The summed E-state index contributed by atoms with van der Waals surface area (Å²) in [4.78, 5) is 38.0. The third-order valence-corrected chi connectivity index (χ3v) is 6.52. The lowest BCUT2D eigenvalue weighted by Gasteiger charge is -2.37. The highest BCUT2D eigenvalue weighted by Gasteiger charge is 2.37. The SMILES string of the molecule is O=C(NO)c1ccc(Cn2c(=O)n(CCC3(O)CCCCC3O)c(=O)c3ccccc32)cc1. The molecule has 0 spiro atoms. The van der Waals surface area contributed by atoms with E-state index in [0.717, 1.165) is 23.0 Å². The van der Waals surface area contributed by atoms with Gasteiger partial charge in [-0.05, 0) is 49.1 Å². The molecule has 174 valence electrons. The number of hydrogen-bond donors (Lipinski definition) is 4.